The lowest BCUT2D eigenvalue weighted by atomic mass is 9.83. The lowest BCUT2D eigenvalue weighted by Crippen LogP contribution is -2.34. The zero-order chi connectivity index (χ0) is 12.7. The molecule has 0 aromatic carbocycles. The highest BCUT2D eigenvalue weighted by atomic mass is 32.1. The summed E-state index contributed by atoms with van der Waals surface area (Å²) in [5.74, 6) is -1.58. The van der Waals surface area contributed by atoms with E-state index in [-0.39, 0.29) is 5.56 Å². The van der Waals surface area contributed by atoms with Gasteiger partial charge in [0.2, 0.25) is 5.91 Å². The van der Waals surface area contributed by atoms with E-state index in [0.717, 1.165) is 11.5 Å². The van der Waals surface area contributed by atoms with Crippen LogP contribution in [0, 0.1) is 17.2 Å². The third-order valence-electron chi connectivity index (χ3n) is 2.89. The first-order chi connectivity index (χ1) is 8.72. The van der Waals surface area contributed by atoms with Crippen LogP contribution in [-0.4, -0.2) is 10.3 Å². The molecule has 2 N–H and O–H groups in total. The van der Waals surface area contributed by atoms with E-state index in [2.05, 4.69) is 9.69 Å². The van der Waals surface area contributed by atoms with Crippen molar-refractivity contribution in [2.45, 2.75) is 5.92 Å². The van der Waals surface area contributed by atoms with Crippen molar-refractivity contribution >= 4 is 22.4 Å². The minimum absolute atomic E-state index is 0.295. The highest BCUT2D eigenvalue weighted by Gasteiger charge is 2.41. The summed E-state index contributed by atoms with van der Waals surface area (Å²) in [6, 6.07) is 5.25. The maximum atomic E-state index is 11.8. The van der Waals surface area contributed by atoms with Gasteiger partial charge in [0, 0.05) is 0 Å². The molecular formula is C11H7N3O3S. The van der Waals surface area contributed by atoms with Crippen LogP contribution >= 0.6 is 11.5 Å². The molecule has 0 bridgehead atoms. The summed E-state index contributed by atoms with van der Waals surface area (Å²) in [5.41, 5.74) is 0.0951. The van der Waals surface area contributed by atoms with Gasteiger partial charge in [-0.2, -0.15) is 5.26 Å². The molecule has 0 fully saturated rings. The van der Waals surface area contributed by atoms with Gasteiger partial charge in [0.15, 0.2) is 0 Å². The van der Waals surface area contributed by atoms with Crippen LogP contribution < -0.4 is 10.9 Å². The molecule has 2 aromatic heterocycles. The Bertz CT molecular complexity index is 692. The van der Waals surface area contributed by atoms with Crippen LogP contribution in [0.2, 0.25) is 0 Å². The number of hydrogen-bond acceptors (Lipinski definition) is 5. The smallest absolute Gasteiger partial charge is 0.264 e. The van der Waals surface area contributed by atoms with Gasteiger partial charge in [0.05, 0.1) is 23.8 Å². The molecule has 1 aliphatic heterocycles. The number of rotatable bonds is 1. The number of anilines is 1. The normalized spacial score (nSPS) is 22.1. The molecule has 90 valence electrons. The number of H-pyrrole nitrogens is 1. The van der Waals surface area contributed by atoms with Gasteiger partial charge in [-0.25, -0.2) is 0 Å². The van der Waals surface area contributed by atoms with E-state index < -0.39 is 17.7 Å². The number of nitrogens with one attached hydrogen (secondary N) is 2. The van der Waals surface area contributed by atoms with Crippen LogP contribution in [0.1, 0.15) is 17.2 Å². The van der Waals surface area contributed by atoms with Gasteiger partial charge < -0.3 is 9.73 Å². The van der Waals surface area contributed by atoms with Crippen LogP contribution in [0.15, 0.2) is 27.6 Å². The number of aromatic nitrogens is 1. The lowest BCUT2D eigenvalue weighted by Gasteiger charge is -2.23. The average molecular weight is 261 g/mol. The number of carbonyl (C=O) groups excluding carboxylic acids is 1. The van der Waals surface area contributed by atoms with E-state index in [1.165, 1.54) is 6.26 Å². The Kier molecular flexibility index (Phi) is 2.31. The van der Waals surface area contributed by atoms with E-state index in [0.29, 0.717) is 16.3 Å². The molecule has 0 radical (unpaired) electrons. The van der Waals surface area contributed by atoms with Crippen molar-refractivity contribution in [2.75, 3.05) is 5.32 Å². The fourth-order valence-electron chi connectivity index (χ4n) is 2.10. The molecule has 1 amide bonds. The fraction of sp³-hybridized carbons (Fsp3) is 0.182. The second kappa shape index (κ2) is 3.85. The minimum Gasteiger partial charge on any atom is -0.469 e. The van der Waals surface area contributed by atoms with E-state index in [4.69, 9.17) is 9.68 Å². The predicted octanol–water partition coefficient (Wildman–Crippen LogP) is 1.25. The van der Waals surface area contributed by atoms with Crippen molar-refractivity contribution in [3.05, 3.63) is 40.1 Å². The van der Waals surface area contributed by atoms with Crippen LogP contribution in [0.3, 0.4) is 0 Å². The van der Waals surface area contributed by atoms with Crippen molar-refractivity contribution in [3.8, 4) is 6.07 Å². The molecule has 18 heavy (non-hydrogen) atoms. The number of fused-ring (bicyclic) bond motifs is 1. The zero-order valence-electron chi connectivity index (χ0n) is 8.97. The van der Waals surface area contributed by atoms with Gasteiger partial charge in [0.25, 0.3) is 5.56 Å². The Morgan fingerprint density at radius 2 is 2.28 bits per heavy atom. The summed E-state index contributed by atoms with van der Waals surface area (Å²) in [4.78, 5) is 23.6. The van der Waals surface area contributed by atoms with Gasteiger partial charge in [-0.05, 0) is 23.7 Å². The molecule has 0 saturated carbocycles. The maximum Gasteiger partial charge on any atom is 0.264 e. The Morgan fingerprint density at radius 1 is 1.44 bits per heavy atom. The maximum absolute atomic E-state index is 11.8. The molecule has 0 aliphatic carbocycles. The van der Waals surface area contributed by atoms with E-state index in [1.807, 2.05) is 6.07 Å². The van der Waals surface area contributed by atoms with Crippen LogP contribution in [0.5, 0.6) is 0 Å². The first-order valence-electron chi connectivity index (χ1n) is 5.17. The van der Waals surface area contributed by atoms with Gasteiger partial charge in [0.1, 0.15) is 16.7 Å². The molecule has 7 heteroatoms. The summed E-state index contributed by atoms with van der Waals surface area (Å²) < 4.78 is 7.81. The van der Waals surface area contributed by atoms with Crippen molar-refractivity contribution in [1.82, 2.24) is 4.37 Å². The number of nitrogens with zero attached hydrogens (tertiary/aromatic N) is 1. The zero-order valence-corrected chi connectivity index (χ0v) is 9.78. The van der Waals surface area contributed by atoms with Crippen molar-refractivity contribution in [1.29, 1.82) is 5.26 Å². The van der Waals surface area contributed by atoms with Crippen LogP contribution in [0.25, 0.3) is 0 Å². The van der Waals surface area contributed by atoms with E-state index in [9.17, 15) is 9.59 Å². The van der Waals surface area contributed by atoms with Gasteiger partial charge in [-0.1, -0.05) is 0 Å². The number of furan rings is 1. The topological polar surface area (TPSA) is 98.9 Å². The average Bonchev–Trinajstić information content (AvgIpc) is 2.98. The van der Waals surface area contributed by atoms with Gasteiger partial charge >= 0.3 is 0 Å². The number of carbonyl (C=O) groups is 1. The van der Waals surface area contributed by atoms with Gasteiger partial charge in [-0.15, -0.1) is 0 Å². The molecule has 3 rings (SSSR count). The molecule has 2 unspecified atom stereocenters. The molecule has 3 heterocycles. The molecule has 1 aliphatic rings. The Hall–Kier alpha value is -2.33. The molecule has 0 spiro atoms. The molecule has 2 atom stereocenters. The first kappa shape index (κ1) is 10.8. The third-order valence-corrected chi connectivity index (χ3v) is 3.70. The highest BCUT2D eigenvalue weighted by molar-refractivity contribution is 7.10. The summed E-state index contributed by atoms with van der Waals surface area (Å²) in [5, 5.41) is 12.1. The quantitative estimate of drug-likeness (QED) is 0.807. The Balaban J connectivity index is 2.24. The molecular weight excluding hydrogens is 254 g/mol. The fourth-order valence-corrected chi connectivity index (χ4v) is 2.89. The second-order valence-corrected chi connectivity index (χ2v) is 4.68. The van der Waals surface area contributed by atoms with Crippen LogP contribution in [0.4, 0.5) is 5.00 Å². The standard InChI is InChI=1S/C11H7N3O3S/c12-4-5-7(6-2-1-3-17-6)8-10(16)14-18-11(8)13-9(5)15/h1-3,5,7H,(H,13,15)(H,14,16). The Morgan fingerprint density at radius 3 is 2.94 bits per heavy atom. The van der Waals surface area contributed by atoms with E-state index >= 15 is 0 Å². The van der Waals surface area contributed by atoms with Crippen molar-refractivity contribution < 1.29 is 9.21 Å². The van der Waals surface area contributed by atoms with Crippen LogP contribution in [-0.2, 0) is 4.79 Å². The summed E-state index contributed by atoms with van der Waals surface area (Å²) >= 11 is 1.05. The first-order valence-corrected chi connectivity index (χ1v) is 5.99. The molecule has 2 aromatic rings. The third kappa shape index (κ3) is 1.39. The Labute approximate surface area is 105 Å². The van der Waals surface area contributed by atoms with Crippen molar-refractivity contribution in [3.63, 3.8) is 0 Å². The summed E-state index contributed by atoms with van der Waals surface area (Å²) in [7, 11) is 0. The predicted molar refractivity (Wildman–Crippen MR) is 63.2 cm³/mol. The monoisotopic (exact) mass is 261 g/mol. The van der Waals surface area contributed by atoms with Gasteiger partial charge in [-0.3, -0.25) is 14.0 Å². The lowest BCUT2D eigenvalue weighted by molar-refractivity contribution is -0.119. The van der Waals surface area contributed by atoms with Crippen molar-refractivity contribution in [2.24, 2.45) is 5.92 Å². The molecule has 0 saturated heterocycles. The summed E-state index contributed by atoms with van der Waals surface area (Å²) in [6.07, 6.45) is 1.45. The second-order valence-electron chi connectivity index (χ2n) is 3.87. The van der Waals surface area contributed by atoms with E-state index in [1.54, 1.807) is 12.1 Å². The largest absolute Gasteiger partial charge is 0.469 e. The highest BCUT2D eigenvalue weighted by Crippen LogP contribution is 2.40. The number of amides is 1. The number of aromatic amines is 1. The summed E-state index contributed by atoms with van der Waals surface area (Å²) in [6.45, 7) is 0. The SMILES string of the molecule is N#CC1C(=O)Nc2s[nH]c(=O)c2C1c1ccco1. The number of nitriles is 1. The molecule has 6 nitrogen and oxygen atoms in total. The minimum atomic E-state index is -0.959. The number of hydrogen-bond donors (Lipinski definition) is 2.